The fraction of sp³-hybridized carbons (Fsp3) is 0.211. The zero-order chi connectivity index (χ0) is 22.8. The van der Waals surface area contributed by atoms with Gasteiger partial charge in [0.2, 0.25) is 17.5 Å². The van der Waals surface area contributed by atoms with Gasteiger partial charge < -0.3 is 14.8 Å². The van der Waals surface area contributed by atoms with E-state index in [9.17, 15) is 13.5 Å². The fourth-order valence-corrected chi connectivity index (χ4v) is 3.42. The molecule has 0 aliphatic rings. The third kappa shape index (κ3) is 5.31. The minimum absolute atomic E-state index is 0.120. The van der Waals surface area contributed by atoms with E-state index in [1.165, 1.54) is 24.3 Å². The van der Waals surface area contributed by atoms with Crippen molar-refractivity contribution < 1.29 is 22.5 Å². The maximum absolute atomic E-state index is 10.9. The molecule has 0 aliphatic carbocycles. The number of rotatable bonds is 7. The summed E-state index contributed by atoms with van der Waals surface area (Å²) in [5, 5.41) is 21.7. The maximum Gasteiger partial charge on any atom is 0.357 e. The normalized spacial score (nSPS) is 13.3. The second-order valence-corrected chi connectivity index (χ2v) is 8.18. The standard InChI is InChI=1S/C19H18ClN5O5S/c1-10-14(8-9-15(21-3)16(10)20)22-17(11(2)26)19-24-23-18(30-19)12-4-6-13(7-5-12)25-31(27,28)29/h4-9,11,17,22,25-26H,1-2H3,(H,27,28,29)/t11-,17+/m0/s1. The Hall–Kier alpha value is -3.17. The number of hydrogen-bond acceptors (Lipinski definition) is 7. The molecule has 1 heterocycles. The zero-order valence-electron chi connectivity index (χ0n) is 16.4. The monoisotopic (exact) mass is 463 g/mol. The van der Waals surface area contributed by atoms with E-state index in [0.717, 1.165) is 0 Å². The van der Waals surface area contributed by atoms with E-state index < -0.39 is 22.4 Å². The van der Waals surface area contributed by atoms with Crippen molar-refractivity contribution in [3.05, 3.63) is 64.3 Å². The summed E-state index contributed by atoms with van der Waals surface area (Å²) >= 11 is 6.22. The van der Waals surface area contributed by atoms with Gasteiger partial charge >= 0.3 is 10.3 Å². The lowest BCUT2D eigenvalue weighted by Crippen LogP contribution is -2.23. The minimum atomic E-state index is -4.38. The Morgan fingerprint density at radius 3 is 2.45 bits per heavy atom. The first-order valence-corrected chi connectivity index (χ1v) is 10.7. The molecule has 4 N–H and O–H groups in total. The number of anilines is 2. The number of aliphatic hydroxyl groups excluding tert-OH is 1. The van der Waals surface area contributed by atoms with Gasteiger partial charge in [-0.2, -0.15) is 8.42 Å². The van der Waals surface area contributed by atoms with Gasteiger partial charge in [-0.1, -0.05) is 17.7 Å². The molecule has 2 atom stereocenters. The summed E-state index contributed by atoms with van der Waals surface area (Å²) in [5.41, 5.74) is 2.23. The van der Waals surface area contributed by atoms with Crippen LogP contribution in [0.4, 0.5) is 17.1 Å². The van der Waals surface area contributed by atoms with Gasteiger partial charge in [-0.3, -0.25) is 9.27 Å². The highest BCUT2D eigenvalue weighted by molar-refractivity contribution is 7.87. The smallest absolute Gasteiger partial charge is 0.357 e. The van der Waals surface area contributed by atoms with Crippen LogP contribution in [-0.4, -0.2) is 34.4 Å². The number of hydrogen-bond donors (Lipinski definition) is 4. The number of aliphatic hydroxyl groups is 1. The van der Waals surface area contributed by atoms with Crippen LogP contribution in [0.3, 0.4) is 0 Å². The molecule has 0 amide bonds. The van der Waals surface area contributed by atoms with Crippen LogP contribution >= 0.6 is 11.6 Å². The average molecular weight is 464 g/mol. The van der Waals surface area contributed by atoms with Crippen molar-refractivity contribution in [3.8, 4) is 11.5 Å². The highest BCUT2D eigenvalue weighted by Gasteiger charge is 2.25. The minimum Gasteiger partial charge on any atom is -0.418 e. The highest BCUT2D eigenvalue weighted by atomic mass is 35.5. The van der Waals surface area contributed by atoms with Gasteiger partial charge in [-0.05, 0) is 49.7 Å². The van der Waals surface area contributed by atoms with Crippen LogP contribution in [0.1, 0.15) is 24.4 Å². The van der Waals surface area contributed by atoms with Gasteiger partial charge in [-0.15, -0.1) is 10.2 Å². The Morgan fingerprint density at radius 1 is 1.19 bits per heavy atom. The van der Waals surface area contributed by atoms with Crippen LogP contribution in [0.5, 0.6) is 0 Å². The summed E-state index contributed by atoms with van der Waals surface area (Å²) in [6.45, 7) is 10.4. The topological polar surface area (TPSA) is 142 Å². The van der Waals surface area contributed by atoms with Gasteiger partial charge in [0.25, 0.3) is 0 Å². The fourth-order valence-electron chi connectivity index (χ4n) is 2.78. The number of halogens is 1. The van der Waals surface area contributed by atoms with Crippen molar-refractivity contribution in [2.75, 3.05) is 10.0 Å². The molecule has 162 valence electrons. The Bertz CT molecular complexity index is 1240. The molecule has 0 aliphatic heterocycles. The molecule has 0 fully saturated rings. The first-order valence-electron chi connectivity index (χ1n) is 8.89. The summed E-state index contributed by atoms with van der Waals surface area (Å²) in [7, 11) is -4.38. The SMILES string of the molecule is [C-]#[N+]c1ccc(N[C@@H](c2nnc(-c3ccc(NS(=O)(=O)O)cc3)o2)[C@H](C)O)c(C)c1Cl. The molecule has 0 spiro atoms. The summed E-state index contributed by atoms with van der Waals surface area (Å²) in [6.07, 6.45) is -0.909. The quantitative estimate of drug-likeness (QED) is 0.304. The molecule has 10 nitrogen and oxygen atoms in total. The lowest BCUT2D eigenvalue weighted by Gasteiger charge is -2.21. The van der Waals surface area contributed by atoms with Crippen LogP contribution in [0.2, 0.25) is 5.02 Å². The molecule has 2 aromatic carbocycles. The Kier molecular flexibility index (Phi) is 6.47. The molecule has 3 aromatic rings. The maximum atomic E-state index is 10.9. The van der Waals surface area contributed by atoms with E-state index in [1.54, 1.807) is 26.0 Å². The van der Waals surface area contributed by atoms with Crippen molar-refractivity contribution in [2.45, 2.75) is 26.0 Å². The first kappa shape index (κ1) is 22.5. The second kappa shape index (κ2) is 8.91. The molecular weight excluding hydrogens is 446 g/mol. The molecule has 0 saturated heterocycles. The van der Waals surface area contributed by atoms with Gasteiger partial charge in [0.15, 0.2) is 0 Å². The molecule has 31 heavy (non-hydrogen) atoms. The first-order chi connectivity index (χ1) is 14.6. The zero-order valence-corrected chi connectivity index (χ0v) is 17.9. The molecule has 0 unspecified atom stereocenters. The number of nitrogens with one attached hydrogen (secondary N) is 2. The van der Waals surface area contributed by atoms with Crippen molar-refractivity contribution in [1.29, 1.82) is 0 Å². The van der Waals surface area contributed by atoms with E-state index in [4.69, 9.17) is 27.1 Å². The predicted octanol–water partition coefficient (Wildman–Crippen LogP) is 4.00. The molecular formula is C19H18ClN5O5S. The second-order valence-electron chi connectivity index (χ2n) is 6.65. The third-order valence-electron chi connectivity index (χ3n) is 4.37. The van der Waals surface area contributed by atoms with Crippen LogP contribution in [-0.2, 0) is 10.3 Å². The largest absolute Gasteiger partial charge is 0.418 e. The number of benzene rings is 2. The van der Waals surface area contributed by atoms with Crippen LogP contribution in [0.15, 0.2) is 40.8 Å². The Balaban J connectivity index is 1.85. The van der Waals surface area contributed by atoms with Crippen LogP contribution in [0.25, 0.3) is 16.3 Å². The van der Waals surface area contributed by atoms with E-state index >= 15 is 0 Å². The molecule has 0 radical (unpaired) electrons. The summed E-state index contributed by atoms with van der Waals surface area (Å²) in [6, 6.07) is 8.40. The van der Waals surface area contributed by atoms with E-state index in [1.807, 2.05) is 4.72 Å². The summed E-state index contributed by atoms with van der Waals surface area (Å²) in [4.78, 5) is 3.36. The van der Waals surface area contributed by atoms with E-state index in [0.29, 0.717) is 27.5 Å². The molecule has 12 heteroatoms. The Morgan fingerprint density at radius 2 is 1.87 bits per heavy atom. The molecule has 0 saturated carbocycles. The van der Waals surface area contributed by atoms with Crippen molar-refractivity contribution in [2.24, 2.45) is 0 Å². The van der Waals surface area contributed by atoms with Crippen molar-refractivity contribution >= 4 is 39.0 Å². The molecule has 3 rings (SSSR count). The lowest BCUT2D eigenvalue weighted by molar-refractivity contribution is 0.159. The third-order valence-corrected chi connectivity index (χ3v) is 5.34. The van der Waals surface area contributed by atoms with Crippen molar-refractivity contribution in [1.82, 2.24) is 10.2 Å². The molecule has 0 bridgehead atoms. The predicted molar refractivity (Wildman–Crippen MR) is 115 cm³/mol. The van der Waals surface area contributed by atoms with Gasteiger partial charge in [0.1, 0.15) is 6.04 Å². The van der Waals surface area contributed by atoms with E-state index in [-0.39, 0.29) is 17.5 Å². The molecule has 1 aromatic heterocycles. The van der Waals surface area contributed by atoms with Crippen LogP contribution < -0.4 is 10.0 Å². The van der Waals surface area contributed by atoms with E-state index in [2.05, 4.69) is 20.4 Å². The Labute approximate surface area is 183 Å². The summed E-state index contributed by atoms with van der Waals surface area (Å²) < 4.78 is 38.2. The van der Waals surface area contributed by atoms with Gasteiger partial charge in [-0.25, -0.2) is 4.85 Å². The van der Waals surface area contributed by atoms with Crippen LogP contribution in [0, 0.1) is 13.5 Å². The number of aromatic nitrogens is 2. The lowest BCUT2D eigenvalue weighted by atomic mass is 10.1. The highest BCUT2D eigenvalue weighted by Crippen LogP contribution is 2.35. The average Bonchev–Trinajstić information content (AvgIpc) is 3.18. The number of nitrogens with zero attached hydrogens (tertiary/aromatic N) is 3. The van der Waals surface area contributed by atoms with Gasteiger partial charge in [0.05, 0.1) is 23.4 Å². The van der Waals surface area contributed by atoms with Gasteiger partial charge in [0, 0.05) is 11.3 Å². The van der Waals surface area contributed by atoms with Crippen molar-refractivity contribution in [3.63, 3.8) is 0 Å². The summed E-state index contributed by atoms with van der Waals surface area (Å²) in [5.74, 6) is 0.272.